The van der Waals surface area contributed by atoms with Crippen molar-refractivity contribution in [2.24, 2.45) is 0 Å². The summed E-state index contributed by atoms with van der Waals surface area (Å²) in [6.45, 7) is 1.78. The number of para-hydroxylation sites is 1. The maximum atomic E-state index is 13.0. The van der Waals surface area contributed by atoms with E-state index in [0.717, 1.165) is 29.3 Å². The monoisotopic (exact) mass is 516 g/mol. The first-order valence-electron chi connectivity index (χ1n) is 11.2. The van der Waals surface area contributed by atoms with Gasteiger partial charge in [0.25, 0.3) is 5.91 Å². The highest BCUT2D eigenvalue weighted by Crippen LogP contribution is 2.26. The molecule has 0 bridgehead atoms. The lowest BCUT2D eigenvalue weighted by Gasteiger charge is -2.11. The van der Waals surface area contributed by atoms with E-state index in [2.05, 4.69) is 28.2 Å². The van der Waals surface area contributed by atoms with E-state index in [0.29, 0.717) is 27.8 Å². The SMILES string of the molecule is CCCCc1ccc(NC(=O)COC(=O)c2cc(-c3ccc(Br)cc3)nc3ccccc23)cc1. The first kappa shape index (κ1) is 23.6. The van der Waals surface area contributed by atoms with Gasteiger partial charge in [-0.05, 0) is 54.8 Å². The number of carbonyl (C=O) groups excluding carboxylic acids is 2. The number of fused-ring (bicyclic) bond motifs is 1. The molecule has 4 rings (SSSR count). The molecule has 0 saturated heterocycles. The Morgan fingerprint density at radius 1 is 0.971 bits per heavy atom. The molecule has 0 atom stereocenters. The van der Waals surface area contributed by atoms with Crippen molar-refractivity contribution in [2.75, 3.05) is 11.9 Å². The number of amides is 1. The number of nitrogens with one attached hydrogen (secondary N) is 1. The number of aromatic nitrogens is 1. The van der Waals surface area contributed by atoms with Crippen molar-refractivity contribution in [3.63, 3.8) is 0 Å². The second-order valence-corrected chi connectivity index (χ2v) is 8.92. The topological polar surface area (TPSA) is 68.3 Å². The summed E-state index contributed by atoms with van der Waals surface area (Å²) in [6.07, 6.45) is 3.29. The van der Waals surface area contributed by atoms with Crippen LogP contribution in [0.2, 0.25) is 0 Å². The maximum Gasteiger partial charge on any atom is 0.339 e. The lowest BCUT2D eigenvalue weighted by atomic mass is 10.0. The Balaban J connectivity index is 1.47. The fourth-order valence-corrected chi connectivity index (χ4v) is 3.92. The Kier molecular flexibility index (Phi) is 7.70. The summed E-state index contributed by atoms with van der Waals surface area (Å²) < 4.78 is 6.33. The van der Waals surface area contributed by atoms with Gasteiger partial charge in [-0.2, -0.15) is 0 Å². The van der Waals surface area contributed by atoms with Gasteiger partial charge < -0.3 is 10.1 Å². The van der Waals surface area contributed by atoms with Crippen molar-refractivity contribution in [1.82, 2.24) is 4.98 Å². The van der Waals surface area contributed by atoms with Gasteiger partial charge in [0.2, 0.25) is 0 Å². The highest BCUT2D eigenvalue weighted by molar-refractivity contribution is 9.10. The van der Waals surface area contributed by atoms with Gasteiger partial charge in [0.05, 0.1) is 16.8 Å². The fraction of sp³-hybridized carbons (Fsp3) is 0.179. The third kappa shape index (κ3) is 5.88. The number of ether oxygens (including phenoxy) is 1. The summed E-state index contributed by atoms with van der Waals surface area (Å²) in [5.74, 6) is -0.955. The molecule has 5 nitrogen and oxygen atoms in total. The molecule has 0 fully saturated rings. The molecule has 1 heterocycles. The molecule has 1 N–H and O–H groups in total. The number of aryl methyl sites for hydroxylation is 1. The first-order valence-corrected chi connectivity index (χ1v) is 12.0. The van der Waals surface area contributed by atoms with Crippen LogP contribution in [0.1, 0.15) is 35.7 Å². The van der Waals surface area contributed by atoms with E-state index in [1.807, 2.05) is 72.8 Å². The number of nitrogens with zero attached hydrogens (tertiary/aromatic N) is 1. The molecular formula is C28H25BrN2O3. The summed E-state index contributed by atoms with van der Waals surface area (Å²) in [5, 5.41) is 3.46. The molecule has 0 aliphatic carbocycles. The van der Waals surface area contributed by atoms with Gasteiger partial charge in [0.1, 0.15) is 0 Å². The predicted molar refractivity (Wildman–Crippen MR) is 139 cm³/mol. The van der Waals surface area contributed by atoms with E-state index in [9.17, 15) is 9.59 Å². The highest BCUT2D eigenvalue weighted by atomic mass is 79.9. The number of pyridine rings is 1. The van der Waals surface area contributed by atoms with Crippen LogP contribution in [0.5, 0.6) is 0 Å². The van der Waals surface area contributed by atoms with E-state index in [1.54, 1.807) is 6.07 Å². The van der Waals surface area contributed by atoms with Gasteiger partial charge in [-0.15, -0.1) is 0 Å². The van der Waals surface area contributed by atoms with Crippen molar-refractivity contribution in [1.29, 1.82) is 0 Å². The molecular weight excluding hydrogens is 492 g/mol. The average Bonchev–Trinajstić information content (AvgIpc) is 2.86. The van der Waals surface area contributed by atoms with Crippen LogP contribution in [0.3, 0.4) is 0 Å². The van der Waals surface area contributed by atoms with Crippen LogP contribution in [-0.2, 0) is 16.0 Å². The van der Waals surface area contributed by atoms with Crippen LogP contribution >= 0.6 is 15.9 Å². The van der Waals surface area contributed by atoms with E-state index >= 15 is 0 Å². The van der Waals surface area contributed by atoms with Crippen LogP contribution in [0.4, 0.5) is 5.69 Å². The molecule has 0 spiro atoms. The minimum atomic E-state index is -0.568. The lowest BCUT2D eigenvalue weighted by Crippen LogP contribution is -2.21. The van der Waals surface area contributed by atoms with Crippen LogP contribution < -0.4 is 5.32 Å². The normalized spacial score (nSPS) is 10.8. The number of hydrogen-bond donors (Lipinski definition) is 1. The van der Waals surface area contributed by atoms with Gasteiger partial charge >= 0.3 is 5.97 Å². The highest BCUT2D eigenvalue weighted by Gasteiger charge is 2.16. The van der Waals surface area contributed by atoms with E-state index in [-0.39, 0.29) is 12.5 Å². The van der Waals surface area contributed by atoms with E-state index in [1.165, 1.54) is 5.56 Å². The van der Waals surface area contributed by atoms with E-state index < -0.39 is 5.97 Å². The second kappa shape index (κ2) is 11.1. The third-order valence-corrected chi connectivity index (χ3v) is 6.00. The number of anilines is 1. The maximum absolute atomic E-state index is 13.0. The smallest absolute Gasteiger partial charge is 0.339 e. The Morgan fingerprint density at radius 3 is 2.44 bits per heavy atom. The second-order valence-electron chi connectivity index (χ2n) is 8.00. The van der Waals surface area contributed by atoms with E-state index in [4.69, 9.17) is 9.72 Å². The molecule has 0 aliphatic heterocycles. The Bertz CT molecular complexity index is 1300. The summed E-state index contributed by atoms with van der Waals surface area (Å²) in [6, 6.07) is 24.5. The fourth-order valence-electron chi connectivity index (χ4n) is 3.65. The summed E-state index contributed by atoms with van der Waals surface area (Å²) in [4.78, 5) is 30.0. The van der Waals surface area contributed by atoms with Crippen molar-refractivity contribution < 1.29 is 14.3 Å². The van der Waals surface area contributed by atoms with Gasteiger partial charge in [0.15, 0.2) is 6.61 Å². The molecule has 0 radical (unpaired) electrons. The summed E-state index contributed by atoms with van der Waals surface area (Å²) >= 11 is 3.43. The number of hydrogen-bond acceptors (Lipinski definition) is 4. The number of unbranched alkanes of at least 4 members (excludes halogenated alkanes) is 1. The van der Waals surface area contributed by atoms with Crippen molar-refractivity contribution in [2.45, 2.75) is 26.2 Å². The largest absolute Gasteiger partial charge is 0.452 e. The molecule has 0 aliphatic rings. The van der Waals surface area contributed by atoms with Crippen LogP contribution in [0, 0.1) is 0 Å². The number of esters is 1. The van der Waals surface area contributed by atoms with Crippen LogP contribution in [0.15, 0.2) is 83.3 Å². The minimum Gasteiger partial charge on any atom is -0.452 e. The average molecular weight is 517 g/mol. The van der Waals surface area contributed by atoms with Crippen molar-refractivity contribution in [3.8, 4) is 11.3 Å². The zero-order valence-corrected chi connectivity index (χ0v) is 20.5. The molecule has 1 amide bonds. The van der Waals surface area contributed by atoms with Gasteiger partial charge in [0, 0.05) is 21.1 Å². The first-order chi connectivity index (χ1) is 16.5. The molecule has 0 unspecified atom stereocenters. The molecule has 1 aromatic heterocycles. The summed E-state index contributed by atoms with van der Waals surface area (Å²) in [5.41, 5.74) is 4.50. The van der Waals surface area contributed by atoms with Gasteiger partial charge in [-0.3, -0.25) is 4.79 Å². The zero-order valence-electron chi connectivity index (χ0n) is 18.9. The third-order valence-electron chi connectivity index (χ3n) is 5.47. The molecule has 6 heteroatoms. The van der Waals surface area contributed by atoms with Crippen LogP contribution in [-0.4, -0.2) is 23.5 Å². The number of halogens is 1. The lowest BCUT2D eigenvalue weighted by molar-refractivity contribution is -0.119. The van der Waals surface area contributed by atoms with Gasteiger partial charge in [-0.25, -0.2) is 9.78 Å². The van der Waals surface area contributed by atoms with Gasteiger partial charge in [-0.1, -0.05) is 71.7 Å². The molecule has 34 heavy (non-hydrogen) atoms. The van der Waals surface area contributed by atoms with Crippen molar-refractivity contribution in [3.05, 3.63) is 94.5 Å². The van der Waals surface area contributed by atoms with Crippen molar-refractivity contribution >= 4 is 44.4 Å². The summed E-state index contributed by atoms with van der Waals surface area (Å²) in [7, 11) is 0. The molecule has 4 aromatic rings. The number of carbonyl (C=O) groups is 2. The Morgan fingerprint density at radius 2 is 1.71 bits per heavy atom. The standard InChI is InChI=1S/C28H25BrN2O3/c1-2-3-6-19-9-15-22(16-10-19)30-27(32)18-34-28(33)24-17-26(20-11-13-21(29)14-12-20)31-25-8-5-4-7-23(24)25/h4-5,7-17H,2-3,6,18H2,1H3,(H,30,32). The molecule has 3 aromatic carbocycles. The molecule has 0 saturated carbocycles. The Hall–Kier alpha value is -3.51. The number of benzene rings is 3. The minimum absolute atomic E-state index is 0.372. The van der Waals surface area contributed by atoms with Crippen LogP contribution in [0.25, 0.3) is 22.2 Å². The molecule has 172 valence electrons. The Labute approximate surface area is 207 Å². The number of rotatable bonds is 8. The zero-order chi connectivity index (χ0) is 23.9. The predicted octanol–water partition coefficient (Wildman–Crippen LogP) is 6.80. The quantitative estimate of drug-likeness (QED) is 0.261.